The molecule has 0 radical (unpaired) electrons. The van der Waals surface area contributed by atoms with Crippen molar-refractivity contribution >= 4 is 22.7 Å². The number of aromatic nitrogens is 3. The number of nitrogen functional groups attached to an aromatic ring is 1. The van der Waals surface area contributed by atoms with Gasteiger partial charge in [-0.05, 0) is 30.3 Å². The molecule has 0 aliphatic carbocycles. The maximum atomic E-state index is 11.9. The summed E-state index contributed by atoms with van der Waals surface area (Å²) < 4.78 is 6.38. The highest BCUT2D eigenvalue weighted by Gasteiger charge is 2.16. The number of nitrogens with two attached hydrogens (primary N) is 1. The van der Waals surface area contributed by atoms with E-state index in [4.69, 9.17) is 10.5 Å². The molecule has 0 saturated heterocycles. The zero-order valence-electron chi connectivity index (χ0n) is 10.8. The molecule has 6 nitrogen and oxygen atoms in total. The third-order valence-corrected chi connectivity index (χ3v) is 3.01. The van der Waals surface area contributed by atoms with Gasteiger partial charge in [0, 0.05) is 5.69 Å². The molecule has 0 unspecified atom stereocenters. The Balaban J connectivity index is 2.26. The first-order chi connectivity index (χ1) is 9.70. The van der Waals surface area contributed by atoms with Crippen LogP contribution < -0.4 is 5.73 Å². The number of benzene rings is 2. The van der Waals surface area contributed by atoms with Gasteiger partial charge in [0.05, 0.1) is 23.9 Å². The molecule has 0 fully saturated rings. The fourth-order valence-electron chi connectivity index (χ4n) is 2.06. The second kappa shape index (κ2) is 4.65. The Morgan fingerprint density at radius 3 is 2.85 bits per heavy atom. The van der Waals surface area contributed by atoms with Crippen LogP contribution in [0.2, 0.25) is 0 Å². The molecule has 20 heavy (non-hydrogen) atoms. The first kappa shape index (κ1) is 12.2. The summed E-state index contributed by atoms with van der Waals surface area (Å²) in [6.07, 6.45) is 0. The van der Waals surface area contributed by atoms with E-state index in [-0.39, 0.29) is 0 Å². The lowest BCUT2D eigenvalue weighted by molar-refractivity contribution is 0.0600. The average Bonchev–Trinajstić information content (AvgIpc) is 2.90. The summed E-state index contributed by atoms with van der Waals surface area (Å²) >= 11 is 0. The Kier molecular flexibility index (Phi) is 2.83. The molecule has 3 rings (SSSR count). The summed E-state index contributed by atoms with van der Waals surface area (Å²) in [5.74, 6) is -0.466. The molecule has 1 heterocycles. The van der Waals surface area contributed by atoms with Crippen molar-refractivity contribution in [3.8, 4) is 5.69 Å². The Hall–Kier alpha value is -2.89. The van der Waals surface area contributed by atoms with E-state index in [9.17, 15) is 4.79 Å². The molecule has 2 N–H and O–H groups in total. The molecular formula is C14H12N4O2. The summed E-state index contributed by atoms with van der Waals surface area (Å²) in [6.45, 7) is 0. The van der Waals surface area contributed by atoms with Crippen LogP contribution in [0.5, 0.6) is 0 Å². The molecule has 0 aliphatic heterocycles. The van der Waals surface area contributed by atoms with Crippen molar-refractivity contribution in [3.63, 3.8) is 0 Å². The summed E-state index contributed by atoms with van der Waals surface area (Å²) in [7, 11) is 1.33. The van der Waals surface area contributed by atoms with Crippen molar-refractivity contribution in [2.45, 2.75) is 0 Å². The number of rotatable bonds is 2. The fourth-order valence-corrected chi connectivity index (χ4v) is 2.06. The number of nitrogens with zero attached hydrogens (tertiary/aromatic N) is 3. The molecule has 0 atom stereocenters. The van der Waals surface area contributed by atoms with Gasteiger partial charge in [-0.15, -0.1) is 5.10 Å². The minimum Gasteiger partial charge on any atom is -0.465 e. The van der Waals surface area contributed by atoms with E-state index < -0.39 is 5.97 Å². The smallest absolute Gasteiger partial charge is 0.340 e. The number of fused-ring (bicyclic) bond motifs is 1. The molecular weight excluding hydrogens is 256 g/mol. The van der Waals surface area contributed by atoms with Crippen LogP contribution in [0, 0.1) is 0 Å². The molecule has 6 heteroatoms. The van der Waals surface area contributed by atoms with Crippen LogP contribution in [0.4, 0.5) is 5.69 Å². The number of para-hydroxylation sites is 1. The monoisotopic (exact) mass is 268 g/mol. The van der Waals surface area contributed by atoms with Gasteiger partial charge < -0.3 is 10.5 Å². The second-order valence-electron chi connectivity index (χ2n) is 4.26. The number of methoxy groups -OCH3 is 1. The standard InChI is InChI=1S/C14H12N4O2/c1-20-14(19)10-8-9(15)6-7-12(10)18-13-5-3-2-4-11(13)16-17-18/h2-8H,15H2,1H3. The second-order valence-corrected chi connectivity index (χ2v) is 4.26. The predicted octanol–water partition coefficient (Wildman–Crippen LogP) is 1.79. The van der Waals surface area contributed by atoms with Crippen molar-refractivity contribution in [2.24, 2.45) is 0 Å². The van der Waals surface area contributed by atoms with Crippen molar-refractivity contribution in [1.29, 1.82) is 0 Å². The van der Waals surface area contributed by atoms with Crippen LogP contribution in [0.25, 0.3) is 16.7 Å². The summed E-state index contributed by atoms with van der Waals surface area (Å²) in [4.78, 5) is 11.9. The molecule has 0 amide bonds. The van der Waals surface area contributed by atoms with Gasteiger partial charge in [-0.3, -0.25) is 0 Å². The number of ether oxygens (including phenoxy) is 1. The number of anilines is 1. The molecule has 0 aliphatic rings. The third-order valence-electron chi connectivity index (χ3n) is 3.01. The first-order valence-corrected chi connectivity index (χ1v) is 5.99. The Bertz CT molecular complexity index is 795. The van der Waals surface area contributed by atoms with Crippen molar-refractivity contribution in [1.82, 2.24) is 15.0 Å². The number of carbonyl (C=O) groups excluding carboxylic acids is 1. The lowest BCUT2D eigenvalue weighted by atomic mass is 10.1. The van der Waals surface area contributed by atoms with Gasteiger partial charge in [-0.2, -0.15) is 0 Å². The summed E-state index contributed by atoms with van der Waals surface area (Å²) in [5, 5.41) is 8.16. The largest absolute Gasteiger partial charge is 0.465 e. The number of esters is 1. The molecule has 0 bridgehead atoms. The zero-order valence-corrected chi connectivity index (χ0v) is 10.8. The van der Waals surface area contributed by atoms with Crippen molar-refractivity contribution in [3.05, 3.63) is 48.0 Å². The van der Waals surface area contributed by atoms with E-state index in [1.165, 1.54) is 7.11 Å². The molecule has 0 spiro atoms. The van der Waals surface area contributed by atoms with Crippen LogP contribution in [-0.2, 0) is 4.74 Å². The van der Waals surface area contributed by atoms with Crippen LogP contribution in [0.15, 0.2) is 42.5 Å². The fraction of sp³-hybridized carbons (Fsp3) is 0.0714. The maximum Gasteiger partial charge on any atom is 0.340 e. The Morgan fingerprint density at radius 1 is 1.25 bits per heavy atom. The van der Waals surface area contributed by atoms with E-state index in [2.05, 4.69) is 10.3 Å². The van der Waals surface area contributed by atoms with Crippen LogP contribution in [0.3, 0.4) is 0 Å². The van der Waals surface area contributed by atoms with Gasteiger partial charge in [0.1, 0.15) is 5.52 Å². The number of carbonyl (C=O) groups is 1. The SMILES string of the molecule is COC(=O)c1cc(N)ccc1-n1nnc2ccccc21. The third kappa shape index (κ3) is 1.87. The van der Waals surface area contributed by atoms with Crippen LogP contribution in [0.1, 0.15) is 10.4 Å². The highest BCUT2D eigenvalue weighted by atomic mass is 16.5. The highest BCUT2D eigenvalue weighted by molar-refractivity contribution is 5.95. The molecule has 3 aromatic rings. The average molecular weight is 268 g/mol. The van der Waals surface area contributed by atoms with Crippen molar-refractivity contribution in [2.75, 3.05) is 12.8 Å². The molecule has 100 valence electrons. The quantitative estimate of drug-likeness (QED) is 0.566. The lowest BCUT2D eigenvalue weighted by Gasteiger charge is -2.09. The minimum atomic E-state index is -0.466. The Labute approximate surface area is 114 Å². The van der Waals surface area contributed by atoms with E-state index in [0.29, 0.717) is 16.9 Å². The van der Waals surface area contributed by atoms with Crippen LogP contribution in [-0.4, -0.2) is 28.1 Å². The van der Waals surface area contributed by atoms with Gasteiger partial charge in [0.2, 0.25) is 0 Å². The molecule has 1 aromatic heterocycles. The van der Waals surface area contributed by atoms with Gasteiger partial charge in [0.15, 0.2) is 0 Å². The lowest BCUT2D eigenvalue weighted by Crippen LogP contribution is -2.09. The maximum absolute atomic E-state index is 11.9. The molecule has 2 aromatic carbocycles. The van der Waals surface area contributed by atoms with E-state index >= 15 is 0 Å². The minimum absolute atomic E-state index is 0.350. The molecule has 0 saturated carbocycles. The number of hydrogen-bond donors (Lipinski definition) is 1. The van der Waals surface area contributed by atoms with Gasteiger partial charge in [-0.1, -0.05) is 17.3 Å². The van der Waals surface area contributed by atoms with E-state index in [1.54, 1.807) is 22.9 Å². The summed E-state index contributed by atoms with van der Waals surface area (Å²) in [6, 6.07) is 12.5. The normalized spacial score (nSPS) is 10.7. The van der Waals surface area contributed by atoms with Crippen LogP contribution >= 0.6 is 0 Å². The van der Waals surface area contributed by atoms with Gasteiger partial charge >= 0.3 is 5.97 Å². The van der Waals surface area contributed by atoms with Gasteiger partial charge in [-0.25, -0.2) is 9.48 Å². The highest BCUT2D eigenvalue weighted by Crippen LogP contribution is 2.22. The Morgan fingerprint density at radius 2 is 2.05 bits per heavy atom. The predicted molar refractivity (Wildman–Crippen MR) is 74.6 cm³/mol. The zero-order chi connectivity index (χ0) is 14.1. The topological polar surface area (TPSA) is 83.0 Å². The number of hydrogen-bond acceptors (Lipinski definition) is 5. The van der Waals surface area contributed by atoms with Gasteiger partial charge in [0.25, 0.3) is 0 Å². The first-order valence-electron chi connectivity index (χ1n) is 5.99. The summed E-state index contributed by atoms with van der Waals surface area (Å²) in [5.41, 5.74) is 8.71. The van der Waals surface area contributed by atoms with E-state index in [1.807, 2.05) is 24.3 Å². The van der Waals surface area contributed by atoms with Crippen molar-refractivity contribution < 1.29 is 9.53 Å². The van der Waals surface area contributed by atoms with E-state index in [0.717, 1.165) is 11.0 Å².